The first-order valence-electron chi connectivity index (χ1n) is 10.5. The zero-order chi connectivity index (χ0) is 22.0. The lowest BCUT2D eigenvalue weighted by molar-refractivity contribution is -0.141. The molecule has 2 aliphatic heterocycles. The van der Waals surface area contributed by atoms with Gasteiger partial charge < -0.3 is 10.2 Å². The summed E-state index contributed by atoms with van der Waals surface area (Å²) in [7, 11) is 1.73. The first kappa shape index (κ1) is 21.5. The molecule has 0 radical (unpaired) electrons. The third-order valence-electron chi connectivity index (χ3n) is 5.92. The molecule has 2 atom stereocenters. The van der Waals surface area contributed by atoms with E-state index in [4.69, 9.17) is 0 Å². The number of anilines is 1. The van der Waals surface area contributed by atoms with E-state index in [0.29, 0.717) is 17.4 Å². The molecule has 1 amide bonds. The fraction of sp³-hybridized carbons (Fsp3) is 0.500. The summed E-state index contributed by atoms with van der Waals surface area (Å²) in [6.45, 7) is 2.75. The van der Waals surface area contributed by atoms with Crippen molar-refractivity contribution in [1.82, 2.24) is 14.8 Å². The van der Waals surface area contributed by atoms with Gasteiger partial charge in [0.2, 0.25) is 5.91 Å². The number of alkyl halides is 3. The van der Waals surface area contributed by atoms with E-state index in [9.17, 15) is 18.0 Å². The first-order chi connectivity index (χ1) is 14.8. The second-order valence-electron chi connectivity index (χ2n) is 8.17. The molecule has 0 spiro atoms. The van der Waals surface area contributed by atoms with Crippen LogP contribution < -0.4 is 5.32 Å². The van der Waals surface area contributed by atoms with Gasteiger partial charge in [0.25, 0.3) is 0 Å². The van der Waals surface area contributed by atoms with Gasteiger partial charge in [0, 0.05) is 50.0 Å². The molecule has 6 nitrogen and oxygen atoms in total. The number of fused-ring (bicyclic) bond motifs is 1. The number of aliphatic imine (C=N–C) groups is 1. The zero-order valence-electron chi connectivity index (χ0n) is 17.4. The quantitative estimate of drug-likeness (QED) is 0.734. The molecule has 1 aromatic carbocycles. The summed E-state index contributed by atoms with van der Waals surface area (Å²) in [6.07, 6.45) is 0.276. The fourth-order valence-electron chi connectivity index (χ4n) is 4.41. The number of hydrogen-bond acceptors (Lipinski definition) is 5. The number of carbonyl (C=O) groups is 1. The molecule has 2 saturated heterocycles. The van der Waals surface area contributed by atoms with E-state index in [1.165, 1.54) is 6.07 Å². The number of benzene rings is 1. The Labute approximate surface area is 179 Å². The highest BCUT2D eigenvalue weighted by molar-refractivity contribution is 5.83. The number of halogens is 3. The van der Waals surface area contributed by atoms with E-state index in [-0.39, 0.29) is 18.0 Å². The molecule has 0 unspecified atom stereocenters. The van der Waals surface area contributed by atoms with Crippen molar-refractivity contribution in [2.45, 2.75) is 37.5 Å². The maximum absolute atomic E-state index is 12.8. The minimum atomic E-state index is -4.45. The highest BCUT2D eigenvalue weighted by Crippen LogP contribution is 2.30. The molecule has 0 saturated carbocycles. The van der Waals surface area contributed by atoms with E-state index in [0.717, 1.165) is 50.7 Å². The Balaban J connectivity index is 1.34. The van der Waals surface area contributed by atoms with E-state index in [2.05, 4.69) is 20.2 Å². The number of amides is 1. The van der Waals surface area contributed by atoms with E-state index < -0.39 is 11.9 Å². The van der Waals surface area contributed by atoms with Crippen LogP contribution in [0.2, 0.25) is 0 Å². The summed E-state index contributed by atoms with van der Waals surface area (Å²) in [6, 6.07) is 7.91. The molecule has 0 bridgehead atoms. The zero-order valence-corrected chi connectivity index (χ0v) is 17.4. The lowest BCUT2D eigenvalue weighted by Gasteiger charge is -2.25. The maximum atomic E-state index is 12.8. The smallest absolute Gasteiger partial charge is 0.381 e. The number of rotatable bonds is 5. The number of aromatic nitrogens is 1. The van der Waals surface area contributed by atoms with Crippen molar-refractivity contribution < 1.29 is 18.0 Å². The van der Waals surface area contributed by atoms with E-state index in [1.807, 2.05) is 17.2 Å². The van der Waals surface area contributed by atoms with Crippen LogP contribution in [0.4, 0.5) is 18.9 Å². The third-order valence-corrected chi connectivity index (χ3v) is 5.92. The van der Waals surface area contributed by atoms with Gasteiger partial charge in [0.05, 0.1) is 18.1 Å². The average Bonchev–Trinajstić information content (AvgIpc) is 3.36. The Morgan fingerprint density at radius 1 is 1.26 bits per heavy atom. The van der Waals surface area contributed by atoms with Crippen LogP contribution in [0.25, 0.3) is 10.9 Å². The van der Waals surface area contributed by atoms with Gasteiger partial charge in [-0.25, -0.2) is 4.98 Å². The molecule has 31 heavy (non-hydrogen) atoms. The van der Waals surface area contributed by atoms with Crippen molar-refractivity contribution >= 4 is 28.7 Å². The summed E-state index contributed by atoms with van der Waals surface area (Å²) >= 11 is 0. The van der Waals surface area contributed by atoms with Crippen LogP contribution in [0.1, 0.15) is 25.0 Å². The number of pyridine rings is 1. The second-order valence-corrected chi connectivity index (χ2v) is 8.17. The highest BCUT2D eigenvalue weighted by Gasteiger charge is 2.33. The van der Waals surface area contributed by atoms with Crippen LogP contribution in [0.3, 0.4) is 0 Å². The monoisotopic (exact) mass is 433 g/mol. The molecule has 1 aromatic heterocycles. The van der Waals surface area contributed by atoms with Gasteiger partial charge in [-0.1, -0.05) is 6.07 Å². The van der Waals surface area contributed by atoms with Crippen LogP contribution in [0.5, 0.6) is 0 Å². The lowest BCUT2D eigenvalue weighted by Crippen LogP contribution is -2.43. The average molecular weight is 433 g/mol. The summed E-state index contributed by atoms with van der Waals surface area (Å²) in [5, 5.41) is 4.10. The predicted octanol–water partition coefficient (Wildman–Crippen LogP) is 3.43. The van der Waals surface area contributed by atoms with Crippen molar-refractivity contribution in [3.05, 3.63) is 36.0 Å². The number of nitrogens with one attached hydrogen (secondary N) is 1. The summed E-state index contributed by atoms with van der Waals surface area (Å²) in [4.78, 5) is 24.6. The Hall–Kier alpha value is -2.68. The van der Waals surface area contributed by atoms with Gasteiger partial charge in [-0.05, 0) is 43.5 Å². The predicted molar refractivity (Wildman–Crippen MR) is 114 cm³/mol. The van der Waals surface area contributed by atoms with Crippen LogP contribution in [-0.2, 0) is 11.0 Å². The van der Waals surface area contributed by atoms with E-state index >= 15 is 0 Å². The molecular weight excluding hydrogens is 407 g/mol. The topological polar surface area (TPSA) is 60.8 Å². The minimum Gasteiger partial charge on any atom is -0.381 e. The molecule has 2 aromatic rings. The molecule has 2 aliphatic rings. The first-order valence-corrected chi connectivity index (χ1v) is 10.5. The van der Waals surface area contributed by atoms with Gasteiger partial charge in [0.15, 0.2) is 0 Å². The van der Waals surface area contributed by atoms with Gasteiger partial charge >= 0.3 is 6.18 Å². The van der Waals surface area contributed by atoms with Gasteiger partial charge in [-0.3, -0.25) is 14.7 Å². The minimum absolute atomic E-state index is 0.109. The van der Waals surface area contributed by atoms with Crippen LogP contribution in [0.15, 0.2) is 35.3 Å². The highest BCUT2D eigenvalue weighted by atomic mass is 19.4. The summed E-state index contributed by atoms with van der Waals surface area (Å²) in [5.41, 5.74) is 0.267. The van der Waals surface area contributed by atoms with Crippen LogP contribution in [0, 0.1) is 0 Å². The maximum Gasteiger partial charge on any atom is 0.433 e. The molecule has 9 heteroatoms. The molecule has 0 aliphatic carbocycles. The summed E-state index contributed by atoms with van der Waals surface area (Å²) < 4.78 is 38.5. The summed E-state index contributed by atoms with van der Waals surface area (Å²) in [5.74, 6) is 0.139. The molecule has 4 rings (SSSR count). The number of carbonyl (C=O) groups excluding carboxylic acids is 1. The molecule has 166 valence electrons. The van der Waals surface area contributed by atoms with Gasteiger partial charge in [0.1, 0.15) is 5.69 Å². The second kappa shape index (κ2) is 8.82. The third kappa shape index (κ3) is 4.98. The Morgan fingerprint density at radius 2 is 2.10 bits per heavy atom. The van der Waals surface area contributed by atoms with Crippen molar-refractivity contribution in [2.24, 2.45) is 4.99 Å². The molecule has 2 fully saturated rings. The molecule has 3 heterocycles. The number of nitrogens with zero attached hydrogens (tertiary/aromatic N) is 4. The standard InChI is InChI=1S/C22H26F3N5O/c1-26-12-18-3-2-9-30(18)21(31)14-29-10-8-17(13-29)27-16-5-6-19-15(11-16)4-7-20(28-19)22(23,24)25/h4-7,11-12,17-18,27H,2-3,8-10,13-14H2,1H3/t17-,18+/m1/s1. The Bertz CT molecular complexity index is 977. The Morgan fingerprint density at radius 3 is 2.87 bits per heavy atom. The normalized spacial score (nSPS) is 22.6. The molecular formula is C22H26F3N5O. The van der Waals surface area contributed by atoms with Crippen LogP contribution in [-0.4, -0.2) is 72.2 Å². The van der Waals surface area contributed by atoms with Crippen molar-refractivity contribution in [2.75, 3.05) is 38.5 Å². The molecule has 1 N–H and O–H groups in total. The number of likely N-dealkylation sites (tertiary alicyclic amines) is 2. The Kier molecular flexibility index (Phi) is 6.13. The fourth-order valence-corrected chi connectivity index (χ4v) is 4.41. The van der Waals surface area contributed by atoms with Crippen LogP contribution >= 0.6 is 0 Å². The van der Waals surface area contributed by atoms with Gasteiger partial charge in [-0.15, -0.1) is 0 Å². The lowest BCUT2D eigenvalue weighted by atomic mass is 10.1. The number of hydrogen-bond donors (Lipinski definition) is 1. The van der Waals surface area contributed by atoms with Crippen molar-refractivity contribution in [3.63, 3.8) is 0 Å². The van der Waals surface area contributed by atoms with Crippen molar-refractivity contribution in [1.29, 1.82) is 0 Å². The van der Waals surface area contributed by atoms with E-state index in [1.54, 1.807) is 19.2 Å². The largest absolute Gasteiger partial charge is 0.433 e. The van der Waals surface area contributed by atoms with Gasteiger partial charge in [-0.2, -0.15) is 13.2 Å². The SMILES string of the molecule is CN=C[C@@H]1CCCN1C(=O)CN1CC[C@@H](Nc2ccc3nc(C(F)(F)F)ccc3c2)C1. The van der Waals surface area contributed by atoms with Crippen molar-refractivity contribution in [3.8, 4) is 0 Å².